The molecule has 1 aromatic rings. The van der Waals surface area contributed by atoms with E-state index in [2.05, 4.69) is 45.6 Å². The first-order valence-electron chi connectivity index (χ1n) is 6.70. The number of anilines is 2. The van der Waals surface area contributed by atoms with Crippen LogP contribution in [0.2, 0.25) is 0 Å². The molecule has 0 bridgehead atoms. The van der Waals surface area contributed by atoms with E-state index in [-0.39, 0.29) is 0 Å². The van der Waals surface area contributed by atoms with Crippen molar-refractivity contribution in [2.75, 3.05) is 43.4 Å². The molecule has 0 radical (unpaired) electrons. The lowest BCUT2D eigenvalue weighted by atomic mass is 10.1. The summed E-state index contributed by atoms with van der Waals surface area (Å²) in [5, 5.41) is 0. The quantitative estimate of drug-likeness (QED) is 0.871. The third-order valence-electron chi connectivity index (χ3n) is 3.68. The lowest BCUT2D eigenvalue weighted by molar-refractivity contribution is 0.271. The monoisotopic (exact) mass is 311 g/mol. The molecule has 0 unspecified atom stereocenters. The van der Waals surface area contributed by atoms with Gasteiger partial charge in [-0.25, -0.2) is 0 Å². The van der Waals surface area contributed by atoms with E-state index in [1.807, 2.05) is 6.07 Å². The second-order valence-electron chi connectivity index (χ2n) is 4.79. The van der Waals surface area contributed by atoms with Crippen LogP contribution in [0.25, 0.3) is 0 Å². The molecule has 1 saturated heterocycles. The van der Waals surface area contributed by atoms with Crippen molar-refractivity contribution in [3.8, 4) is 0 Å². The van der Waals surface area contributed by atoms with Crippen LogP contribution in [0.1, 0.15) is 19.4 Å². The van der Waals surface area contributed by atoms with E-state index < -0.39 is 0 Å². The minimum atomic E-state index is 0.842. The topological polar surface area (TPSA) is 32.5 Å². The molecule has 0 aromatic heterocycles. The highest BCUT2D eigenvalue weighted by Gasteiger charge is 2.20. The Morgan fingerprint density at radius 2 is 1.83 bits per heavy atom. The van der Waals surface area contributed by atoms with Gasteiger partial charge in [0.25, 0.3) is 0 Å². The summed E-state index contributed by atoms with van der Waals surface area (Å²) in [5.41, 5.74) is 9.44. The lowest BCUT2D eigenvalue weighted by Crippen LogP contribution is -2.46. The van der Waals surface area contributed by atoms with Crippen LogP contribution in [0.5, 0.6) is 0 Å². The molecule has 4 heteroatoms. The van der Waals surface area contributed by atoms with Crippen LogP contribution in [0.4, 0.5) is 11.4 Å². The molecule has 2 rings (SSSR count). The van der Waals surface area contributed by atoms with Crippen LogP contribution < -0.4 is 10.6 Å². The van der Waals surface area contributed by atoms with Gasteiger partial charge in [0.15, 0.2) is 0 Å². The van der Waals surface area contributed by atoms with Gasteiger partial charge in [-0.3, -0.25) is 0 Å². The van der Waals surface area contributed by atoms with E-state index in [9.17, 15) is 0 Å². The van der Waals surface area contributed by atoms with Gasteiger partial charge >= 0.3 is 0 Å². The summed E-state index contributed by atoms with van der Waals surface area (Å²) in [5.74, 6) is 0. The Morgan fingerprint density at radius 1 is 1.17 bits per heavy atom. The van der Waals surface area contributed by atoms with Gasteiger partial charge in [-0.1, -0.05) is 13.8 Å². The Labute approximate surface area is 118 Å². The number of hydrogen-bond acceptors (Lipinski definition) is 3. The molecule has 0 atom stereocenters. The van der Waals surface area contributed by atoms with Gasteiger partial charge in [0.05, 0.1) is 5.69 Å². The molecule has 1 aromatic carbocycles. The summed E-state index contributed by atoms with van der Waals surface area (Å²) in [4.78, 5) is 4.97. The van der Waals surface area contributed by atoms with Gasteiger partial charge in [-0.15, -0.1) is 0 Å². The Balaban J connectivity index is 2.23. The molecule has 100 valence electrons. The summed E-state index contributed by atoms with van der Waals surface area (Å²) in [7, 11) is 0. The summed E-state index contributed by atoms with van der Waals surface area (Å²) in [6.07, 6.45) is 1.02. The first-order valence-corrected chi connectivity index (χ1v) is 7.50. The maximum atomic E-state index is 5.92. The number of halogens is 1. The molecule has 1 aliphatic heterocycles. The zero-order valence-corrected chi connectivity index (χ0v) is 12.8. The highest BCUT2D eigenvalue weighted by molar-refractivity contribution is 9.10. The van der Waals surface area contributed by atoms with Gasteiger partial charge in [-0.05, 0) is 46.6 Å². The van der Waals surface area contributed by atoms with Crippen LogP contribution >= 0.6 is 15.9 Å². The zero-order chi connectivity index (χ0) is 13.1. The van der Waals surface area contributed by atoms with Crippen molar-refractivity contribution in [1.82, 2.24) is 4.90 Å². The first kappa shape index (κ1) is 13.7. The van der Waals surface area contributed by atoms with Crippen molar-refractivity contribution < 1.29 is 0 Å². The number of nitrogens with two attached hydrogens (primary N) is 1. The Bertz CT molecular complexity index is 412. The average Bonchev–Trinajstić information content (AvgIpc) is 2.38. The number of rotatable bonds is 3. The number of benzene rings is 1. The molecule has 0 amide bonds. The molecule has 0 aliphatic carbocycles. The molecule has 0 spiro atoms. The molecule has 3 nitrogen and oxygen atoms in total. The van der Waals surface area contributed by atoms with Crippen LogP contribution in [0, 0.1) is 0 Å². The summed E-state index contributed by atoms with van der Waals surface area (Å²) in [6.45, 7) is 10.1. The largest absolute Gasteiger partial charge is 0.399 e. The molecule has 2 N–H and O–H groups in total. The molecular weight excluding hydrogens is 290 g/mol. The second-order valence-corrected chi connectivity index (χ2v) is 5.64. The summed E-state index contributed by atoms with van der Waals surface area (Å²) >= 11 is 3.67. The first-order chi connectivity index (χ1) is 8.65. The van der Waals surface area contributed by atoms with Crippen molar-refractivity contribution in [3.05, 3.63) is 22.2 Å². The number of aryl methyl sites for hydroxylation is 1. The fourth-order valence-corrected chi connectivity index (χ4v) is 3.36. The molecule has 1 aliphatic rings. The highest BCUT2D eigenvalue weighted by atomic mass is 79.9. The van der Waals surface area contributed by atoms with Gasteiger partial charge in [0.2, 0.25) is 0 Å². The lowest BCUT2D eigenvalue weighted by Gasteiger charge is -2.37. The fraction of sp³-hybridized carbons (Fsp3) is 0.571. The van der Waals surface area contributed by atoms with Crippen molar-refractivity contribution >= 4 is 27.3 Å². The second kappa shape index (κ2) is 5.93. The summed E-state index contributed by atoms with van der Waals surface area (Å²) in [6, 6.07) is 4.12. The van der Waals surface area contributed by atoms with Crippen molar-refractivity contribution in [2.24, 2.45) is 0 Å². The predicted molar refractivity (Wildman–Crippen MR) is 82.3 cm³/mol. The normalized spacial score (nSPS) is 17.2. The summed E-state index contributed by atoms with van der Waals surface area (Å²) < 4.78 is 1.13. The van der Waals surface area contributed by atoms with E-state index in [1.165, 1.54) is 11.3 Å². The minimum Gasteiger partial charge on any atom is -0.399 e. The maximum absolute atomic E-state index is 5.92. The van der Waals surface area contributed by atoms with E-state index in [4.69, 9.17) is 5.73 Å². The highest BCUT2D eigenvalue weighted by Crippen LogP contribution is 2.33. The van der Waals surface area contributed by atoms with Gasteiger partial charge < -0.3 is 15.5 Å². The smallest absolute Gasteiger partial charge is 0.0545 e. The van der Waals surface area contributed by atoms with E-state index in [0.717, 1.165) is 49.3 Å². The SMILES string of the molecule is CCc1cc(N)cc(Br)c1N1CCN(CC)CC1. The maximum Gasteiger partial charge on any atom is 0.0545 e. The fourth-order valence-electron chi connectivity index (χ4n) is 2.59. The number of hydrogen-bond donors (Lipinski definition) is 1. The van der Waals surface area contributed by atoms with Crippen LogP contribution in [-0.4, -0.2) is 37.6 Å². The number of nitrogens with zero attached hydrogens (tertiary/aromatic N) is 2. The van der Waals surface area contributed by atoms with Crippen molar-refractivity contribution in [2.45, 2.75) is 20.3 Å². The number of likely N-dealkylation sites (N-methyl/N-ethyl adjacent to an activating group) is 1. The number of piperazine rings is 1. The van der Waals surface area contributed by atoms with Gasteiger partial charge in [0.1, 0.15) is 0 Å². The van der Waals surface area contributed by atoms with E-state index in [1.54, 1.807) is 0 Å². The zero-order valence-electron chi connectivity index (χ0n) is 11.2. The van der Waals surface area contributed by atoms with Gasteiger partial charge in [0, 0.05) is 36.3 Å². The van der Waals surface area contributed by atoms with Crippen LogP contribution in [-0.2, 0) is 6.42 Å². The third-order valence-corrected chi connectivity index (χ3v) is 4.29. The Kier molecular flexibility index (Phi) is 4.51. The van der Waals surface area contributed by atoms with E-state index >= 15 is 0 Å². The van der Waals surface area contributed by atoms with Gasteiger partial charge in [-0.2, -0.15) is 0 Å². The van der Waals surface area contributed by atoms with Crippen molar-refractivity contribution in [1.29, 1.82) is 0 Å². The van der Waals surface area contributed by atoms with Crippen LogP contribution in [0.15, 0.2) is 16.6 Å². The standard InChI is InChI=1S/C14H22BrN3/c1-3-11-9-12(16)10-13(15)14(11)18-7-5-17(4-2)6-8-18/h9-10H,3-8,16H2,1-2H3. The minimum absolute atomic E-state index is 0.842. The molecule has 0 saturated carbocycles. The third kappa shape index (κ3) is 2.81. The number of nitrogen functional groups attached to an aromatic ring is 1. The molecule has 18 heavy (non-hydrogen) atoms. The Hall–Kier alpha value is -0.740. The average molecular weight is 312 g/mol. The van der Waals surface area contributed by atoms with E-state index in [0.29, 0.717) is 0 Å². The van der Waals surface area contributed by atoms with Crippen LogP contribution in [0.3, 0.4) is 0 Å². The predicted octanol–water partition coefficient (Wildman–Crippen LogP) is 2.74. The molecule has 1 heterocycles. The Morgan fingerprint density at radius 3 is 2.39 bits per heavy atom. The molecule has 1 fully saturated rings. The van der Waals surface area contributed by atoms with Crippen molar-refractivity contribution in [3.63, 3.8) is 0 Å². The molecular formula is C14H22BrN3.